The van der Waals surface area contributed by atoms with Crippen molar-refractivity contribution >= 4 is 178 Å². The fraction of sp³-hybridized carbons (Fsp3) is 0.443. The number of aliphatic hydroxyl groups is 2. The second-order valence-corrected chi connectivity index (χ2v) is 39.5. The average molecular weight is 2200 g/mol. The van der Waals surface area contributed by atoms with Crippen LogP contribution in [0, 0.1) is 24.9 Å². The van der Waals surface area contributed by atoms with E-state index >= 15 is 28.8 Å². The van der Waals surface area contributed by atoms with Crippen molar-refractivity contribution in [3.05, 3.63) is 181 Å². The van der Waals surface area contributed by atoms with Crippen LogP contribution in [0.5, 0.6) is 23.0 Å². The van der Waals surface area contributed by atoms with Gasteiger partial charge in [-0.2, -0.15) is 0 Å². The maximum atomic E-state index is 15.6. The summed E-state index contributed by atoms with van der Waals surface area (Å²) in [6.07, 6.45) is -3.05. The van der Waals surface area contributed by atoms with E-state index in [-0.39, 0.29) is 142 Å². The Labute approximate surface area is 845 Å². The molecule has 6 aromatic carbocycles. The Hall–Kier alpha value is -12.0. The number of para-hydroxylation sites is 1. The van der Waals surface area contributed by atoms with E-state index in [1.54, 1.807) is 145 Å². The number of carbonyl (C=O) groups is 16. The molecule has 13 atom stereocenters. The highest BCUT2D eigenvalue weighted by atomic mass is 127. The van der Waals surface area contributed by atoms with Crippen molar-refractivity contribution in [2.45, 2.75) is 224 Å². The number of amides is 13. The number of unbranched alkanes of at least 4 members (excludes halogenated alkanes) is 1. The zero-order chi connectivity index (χ0) is 102. The molecule has 0 radical (unpaired) electrons. The molecule has 140 heavy (non-hydrogen) atoms. The second kappa shape index (κ2) is 57.0. The molecule has 22 N–H and O–H groups in total. The van der Waals surface area contributed by atoms with Crippen molar-refractivity contribution in [1.82, 2.24) is 63.5 Å². The van der Waals surface area contributed by atoms with E-state index in [0.29, 0.717) is 52.3 Å². The van der Waals surface area contributed by atoms with Gasteiger partial charge in [-0.3, -0.25) is 67.1 Å². The number of H-pyrrole nitrogens is 1. The van der Waals surface area contributed by atoms with Crippen LogP contribution in [0.3, 0.4) is 0 Å². The number of benzene rings is 6. The topological polar surface area (TPSA) is 609 Å². The predicted molar refractivity (Wildman–Crippen MR) is 542 cm³/mol. The number of aliphatic hydroxyl groups excluding tert-OH is 2. The molecule has 7 aromatic rings. The lowest BCUT2D eigenvalue weighted by atomic mass is 10.0. The highest BCUT2D eigenvalue weighted by Crippen LogP contribution is 2.40. The fourth-order valence-electron chi connectivity index (χ4n) is 14.4. The number of halogens is 2. The minimum absolute atomic E-state index is 0.00137. The van der Waals surface area contributed by atoms with Crippen molar-refractivity contribution in [3.63, 3.8) is 0 Å². The number of carbonyl (C=O) groups excluding carboxylic acids is 15. The number of Topliss-reactive ketones (excluding diaryl/α,β-unsaturated/α-hetero) is 2. The molecule has 0 aliphatic carbocycles. The molecule has 756 valence electrons. The first-order valence-electron chi connectivity index (χ1n) is 45.8. The van der Waals surface area contributed by atoms with Crippen LogP contribution >= 0.6 is 66.8 Å². The SMILES string of the molecule is CC(C)C(=O)CCC(=O)N[C@H](C(=O)N[C@@H](CCCNC(N)=O)C(=O)Nc1ccc(COC(=O)N[C@H](Cc2ccccc2)C(=O)N[C@H]2CSSC[C@@H](C(=O)N[C@H](CO)[C@@H](C)Oc3cc(C[C@H](N)C(=O)O)cc(I)c3Oc3ccc(OC(=O)CCC(=O)C(C)C)c(I)c3)NC(=O)C([C@@H](C)O)NC(=O)[C@H](CCCCN)NC(=O)C(Cc3c[nH]c4ccccc34)NC(=O)[C@H](Cc3ccccc3)NC2=O)cc1)C(C)C. The third-order valence-corrected chi connectivity index (χ3v) is 26.6. The summed E-state index contributed by atoms with van der Waals surface area (Å²) in [5, 5.41) is 65.7. The minimum atomic E-state index is -1.88. The minimum Gasteiger partial charge on any atom is -0.485 e. The molecule has 0 bridgehead atoms. The highest BCUT2D eigenvalue weighted by Gasteiger charge is 2.39. The van der Waals surface area contributed by atoms with Crippen LogP contribution in [0.15, 0.2) is 146 Å². The van der Waals surface area contributed by atoms with Gasteiger partial charge in [0.05, 0.1) is 32.3 Å². The van der Waals surface area contributed by atoms with Crippen LogP contribution in [-0.2, 0) is 104 Å². The van der Waals surface area contributed by atoms with Gasteiger partial charge in [0, 0.05) is 91.2 Å². The fourth-order valence-corrected chi connectivity index (χ4v) is 18.1. The summed E-state index contributed by atoms with van der Waals surface area (Å²) in [4.78, 5) is 227. The van der Waals surface area contributed by atoms with Crippen LogP contribution in [0.2, 0.25) is 0 Å². The number of nitrogens with one attached hydrogen (secondary N) is 13. The maximum absolute atomic E-state index is 15.6. The number of anilines is 1. The number of nitrogens with two attached hydrogens (primary N) is 3. The molecule has 43 heteroatoms. The van der Waals surface area contributed by atoms with Crippen molar-refractivity contribution in [1.29, 1.82) is 0 Å². The van der Waals surface area contributed by atoms with Crippen molar-refractivity contribution < 1.29 is 111 Å². The maximum Gasteiger partial charge on any atom is 0.408 e. The number of esters is 1. The Bertz CT molecular complexity index is 5450. The number of rotatable bonds is 46. The normalized spacial score (nSPS) is 17.7. The molecule has 0 spiro atoms. The van der Waals surface area contributed by atoms with Gasteiger partial charge in [-0.05, 0) is 186 Å². The van der Waals surface area contributed by atoms with Crippen molar-refractivity contribution in [2.24, 2.45) is 35.0 Å². The van der Waals surface area contributed by atoms with E-state index < -0.39 is 192 Å². The Morgan fingerprint density at radius 2 is 1.21 bits per heavy atom. The second-order valence-electron chi connectivity index (χ2n) is 34.7. The molecule has 1 fully saturated rings. The molecule has 1 aromatic heterocycles. The lowest BCUT2D eigenvalue weighted by Crippen LogP contribution is -2.62. The number of aliphatic carboxylic acids is 1. The zero-order valence-electron chi connectivity index (χ0n) is 78.8. The summed E-state index contributed by atoms with van der Waals surface area (Å²) >= 11 is 3.88. The van der Waals surface area contributed by atoms with Crippen LogP contribution < -0.4 is 95.2 Å². The number of carboxylic acid groups (broad SMARTS) is 1. The number of alkyl carbamates (subject to hydrolysis) is 1. The molecule has 39 nitrogen and oxygen atoms in total. The Morgan fingerprint density at radius 1 is 0.586 bits per heavy atom. The molecular formula is C97H124I2N16O23S2. The number of aromatic nitrogens is 1. The smallest absolute Gasteiger partial charge is 0.408 e. The summed E-state index contributed by atoms with van der Waals surface area (Å²) in [5.41, 5.74) is 20.5. The van der Waals surface area contributed by atoms with Gasteiger partial charge in [-0.15, -0.1) is 0 Å². The number of carboxylic acids is 1. The highest BCUT2D eigenvalue weighted by molar-refractivity contribution is 14.1. The summed E-state index contributed by atoms with van der Waals surface area (Å²) in [7, 11) is 1.75. The number of hydrogen-bond donors (Lipinski definition) is 19. The number of fused-ring (bicyclic) bond motifs is 1. The Morgan fingerprint density at radius 3 is 1.85 bits per heavy atom. The van der Waals surface area contributed by atoms with E-state index in [0.717, 1.165) is 21.6 Å². The van der Waals surface area contributed by atoms with Gasteiger partial charge in [-0.25, -0.2) is 9.59 Å². The molecule has 2 unspecified atom stereocenters. The van der Waals surface area contributed by atoms with E-state index in [1.165, 1.54) is 56.3 Å². The molecular weight excluding hydrogens is 2080 g/mol. The summed E-state index contributed by atoms with van der Waals surface area (Å²) < 4.78 is 25.1. The number of urea groups is 1. The average Bonchev–Trinajstić information content (AvgIpc) is 1.52. The van der Waals surface area contributed by atoms with Gasteiger partial charge in [-0.1, -0.05) is 154 Å². The monoisotopic (exact) mass is 2200 g/mol. The zero-order valence-corrected chi connectivity index (χ0v) is 84.8. The van der Waals surface area contributed by atoms with E-state index in [9.17, 15) is 63.3 Å². The molecule has 13 amide bonds. The number of aromatic amines is 1. The number of primary amides is 1. The molecule has 8 rings (SSSR count). The Balaban J connectivity index is 1.11. The van der Waals surface area contributed by atoms with Crippen LogP contribution in [0.25, 0.3) is 10.9 Å². The first-order chi connectivity index (χ1) is 66.7. The van der Waals surface area contributed by atoms with Crippen LogP contribution in [0.1, 0.15) is 141 Å². The number of ketones is 2. The number of ether oxygens (including phenoxy) is 4. The van der Waals surface area contributed by atoms with Crippen LogP contribution in [0.4, 0.5) is 15.3 Å². The van der Waals surface area contributed by atoms with Gasteiger partial charge in [0.1, 0.15) is 96.2 Å². The molecule has 0 saturated carbocycles. The quantitative estimate of drug-likeness (QED) is 0.00670. The lowest BCUT2D eigenvalue weighted by Gasteiger charge is -2.30. The summed E-state index contributed by atoms with van der Waals surface area (Å²) in [5.74, 6) is -12.5. The van der Waals surface area contributed by atoms with Crippen LogP contribution in [-0.4, -0.2) is 225 Å². The Kier molecular flexibility index (Phi) is 46.1. The van der Waals surface area contributed by atoms with Crippen molar-refractivity contribution in [3.8, 4) is 23.0 Å². The standard InChI is InChI=1S/C97H124I2N16O23S2/c1-52(2)77(118)33-36-81(120)114-83(54(5)6)93(129)107-70(27-19-39-103-96(102)133)86(122)105-62-30-28-59(29-31-62)49-135-97(134)113-72(43-58-22-13-10-14-23-58)89(125)111-75-50-139-140-51-76(92(128)110-74(48-116)56(8)136-80-44-60(41-67(101)95(131)132)40-66(99)85(80)137-63-32-35-79(65(98)46-63)138-82(121)37-34-78(119)53(3)4)112-94(130)84(55(7)117)115-87(123)69(26-17-18-38-100)106-90(126)73(45-61-47-104-68-25-16-15-24-64(61)68)109-88(124)71(108-91(75)127)42-57-20-11-9-12-21-57/h9-16,20-25,28-32,35,40,44,46-47,52-56,67,69-76,83-84,104,116-117H,17-19,26-27,33-34,36-39,41-43,45,48-51,100-101H2,1-8H3,(H,105,122)(H,106,126)(H,107,129)(H,108,127)(H,109,124)(H,110,128)(H,111,125)(H,112,130)(H,113,134)(H,114,120)(H,115,123)(H,131,132)(H3,102,103,133)/t55-,56-,67+,69+,70+,71+,72-,73?,74-,75+,76+,83+,84?/m1/s1. The molecule has 1 saturated heterocycles. The lowest BCUT2D eigenvalue weighted by molar-refractivity contribution is -0.138. The first-order valence-corrected chi connectivity index (χ1v) is 50.5. The molecule has 1 aliphatic heterocycles. The molecule has 1 aliphatic rings. The third-order valence-electron chi connectivity index (χ3n) is 22.5. The van der Waals surface area contributed by atoms with E-state index in [2.05, 4.69) is 68.8 Å². The van der Waals surface area contributed by atoms with Gasteiger partial charge < -0.3 is 120 Å². The number of hydrogen-bond acceptors (Lipinski definition) is 26. The van der Waals surface area contributed by atoms with Gasteiger partial charge in [0.15, 0.2) is 11.5 Å². The van der Waals surface area contributed by atoms with Gasteiger partial charge in [0.2, 0.25) is 59.1 Å². The summed E-state index contributed by atoms with van der Waals surface area (Å²) in [6.45, 7) is 11.9. The third kappa shape index (κ3) is 36.9. The van der Waals surface area contributed by atoms with Crippen molar-refractivity contribution in [2.75, 3.05) is 36.5 Å². The van der Waals surface area contributed by atoms with E-state index in [4.69, 9.17) is 36.1 Å². The largest absolute Gasteiger partial charge is 0.485 e. The summed E-state index contributed by atoms with van der Waals surface area (Å²) in [6, 6.07) is 20.4. The molecule has 2 heterocycles. The van der Waals surface area contributed by atoms with Gasteiger partial charge in [0.25, 0.3) is 0 Å². The predicted octanol–water partition coefficient (Wildman–Crippen LogP) is 6.13. The van der Waals surface area contributed by atoms with E-state index in [1.807, 2.05) is 45.2 Å². The first kappa shape index (κ1) is 113. The van der Waals surface area contributed by atoms with Gasteiger partial charge >= 0.3 is 24.1 Å².